The lowest BCUT2D eigenvalue weighted by molar-refractivity contribution is -0.119. The van der Waals surface area contributed by atoms with Gasteiger partial charge in [-0.25, -0.2) is 9.78 Å². The molecule has 3 aromatic rings. The molecule has 1 aliphatic rings. The third-order valence-electron chi connectivity index (χ3n) is 5.34. The maximum absolute atomic E-state index is 12.4. The number of amides is 3. The van der Waals surface area contributed by atoms with Crippen molar-refractivity contribution < 1.29 is 14.3 Å². The van der Waals surface area contributed by atoms with Crippen LogP contribution in [0, 0.1) is 0 Å². The normalized spacial score (nSPS) is 16.6. The fourth-order valence-corrected chi connectivity index (χ4v) is 4.72. The van der Waals surface area contributed by atoms with E-state index in [9.17, 15) is 9.59 Å². The molecule has 2 aromatic carbocycles. The van der Waals surface area contributed by atoms with Gasteiger partial charge in [-0.15, -0.1) is 0 Å². The van der Waals surface area contributed by atoms with E-state index in [1.165, 1.54) is 11.8 Å². The number of aromatic nitrogens is 2. The van der Waals surface area contributed by atoms with Crippen LogP contribution < -0.4 is 11.1 Å². The maximum atomic E-state index is 12.4. The van der Waals surface area contributed by atoms with Gasteiger partial charge in [0.15, 0.2) is 5.16 Å². The van der Waals surface area contributed by atoms with Crippen LogP contribution in [0.1, 0.15) is 19.8 Å². The zero-order valence-electron chi connectivity index (χ0n) is 17.9. The highest BCUT2D eigenvalue weighted by atomic mass is 32.2. The molecule has 166 valence electrons. The van der Waals surface area contributed by atoms with Gasteiger partial charge in [0.25, 0.3) is 0 Å². The van der Waals surface area contributed by atoms with Crippen molar-refractivity contribution in [2.24, 2.45) is 5.73 Å². The number of carbonyl (C=O) groups excluding carboxylic acids is 2. The van der Waals surface area contributed by atoms with Gasteiger partial charge in [0.2, 0.25) is 5.91 Å². The zero-order valence-corrected chi connectivity index (χ0v) is 18.7. The van der Waals surface area contributed by atoms with Gasteiger partial charge in [0.05, 0.1) is 29.3 Å². The minimum absolute atomic E-state index is 0.0874. The number of primary amides is 1. The van der Waals surface area contributed by atoms with Gasteiger partial charge in [0.1, 0.15) is 0 Å². The van der Waals surface area contributed by atoms with Crippen molar-refractivity contribution in [3.63, 3.8) is 0 Å². The molecule has 0 saturated carbocycles. The molecule has 0 radical (unpaired) electrons. The topological polar surface area (TPSA) is 99.2 Å². The van der Waals surface area contributed by atoms with E-state index in [0.717, 1.165) is 42.0 Å². The first kappa shape index (κ1) is 22.1. The standard InChI is InChI=1S/C24H26N4O3S/c1-16(22(29)27-23(25)30)32-24-26-20(17-9-4-2-5-10-17)21(18-11-6-3-7-12-18)28(24)15-19-13-8-14-31-19/h2-7,9-12,16,19H,8,13-15H2,1H3,(H3,25,27,29,30)/t16-,19+/m1/s1. The van der Waals surface area contributed by atoms with E-state index in [2.05, 4.69) is 22.0 Å². The predicted molar refractivity (Wildman–Crippen MR) is 125 cm³/mol. The molecule has 1 fully saturated rings. The van der Waals surface area contributed by atoms with Gasteiger partial charge in [-0.05, 0) is 19.8 Å². The number of thioether (sulfide) groups is 1. The molecule has 3 amide bonds. The minimum Gasteiger partial charge on any atom is -0.376 e. The molecule has 3 N–H and O–H groups in total. The number of nitrogens with one attached hydrogen (secondary N) is 1. The number of carbonyl (C=O) groups is 2. The Morgan fingerprint density at radius 2 is 1.81 bits per heavy atom. The summed E-state index contributed by atoms with van der Waals surface area (Å²) in [5.74, 6) is -0.448. The Morgan fingerprint density at radius 1 is 1.16 bits per heavy atom. The van der Waals surface area contributed by atoms with E-state index in [4.69, 9.17) is 15.5 Å². The Hall–Kier alpha value is -3.10. The van der Waals surface area contributed by atoms with E-state index in [1.54, 1.807) is 6.92 Å². The summed E-state index contributed by atoms with van der Waals surface area (Å²) in [6.45, 7) is 3.13. The first-order valence-electron chi connectivity index (χ1n) is 10.6. The van der Waals surface area contributed by atoms with Crippen LogP contribution >= 0.6 is 11.8 Å². The van der Waals surface area contributed by atoms with Crippen LogP contribution in [0.15, 0.2) is 65.8 Å². The lowest BCUT2D eigenvalue weighted by atomic mass is 10.0. The Morgan fingerprint density at radius 3 is 2.41 bits per heavy atom. The third-order valence-corrected chi connectivity index (χ3v) is 6.43. The summed E-state index contributed by atoms with van der Waals surface area (Å²) in [5.41, 5.74) is 8.99. The summed E-state index contributed by atoms with van der Waals surface area (Å²) >= 11 is 1.30. The fraction of sp³-hybridized carbons (Fsp3) is 0.292. The zero-order chi connectivity index (χ0) is 22.5. The Kier molecular flexibility index (Phi) is 6.92. The molecule has 0 bridgehead atoms. The SMILES string of the molecule is C[C@@H](Sc1nc(-c2ccccc2)c(-c2ccccc2)n1C[C@@H]1CCCO1)C(=O)NC(N)=O. The van der Waals surface area contributed by atoms with Crippen LogP contribution in [0.2, 0.25) is 0 Å². The lowest BCUT2D eigenvalue weighted by Crippen LogP contribution is -2.39. The molecule has 8 heteroatoms. The summed E-state index contributed by atoms with van der Waals surface area (Å²) in [4.78, 5) is 28.5. The summed E-state index contributed by atoms with van der Waals surface area (Å²) in [5, 5.41) is 2.30. The van der Waals surface area contributed by atoms with Crippen molar-refractivity contribution in [2.75, 3.05) is 6.61 Å². The van der Waals surface area contributed by atoms with Crippen LogP contribution in [0.25, 0.3) is 22.5 Å². The average molecular weight is 451 g/mol. The molecule has 0 spiro atoms. The summed E-state index contributed by atoms with van der Waals surface area (Å²) in [7, 11) is 0. The number of nitrogens with two attached hydrogens (primary N) is 1. The van der Waals surface area contributed by atoms with Crippen LogP contribution in [-0.2, 0) is 16.1 Å². The van der Waals surface area contributed by atoms with Crippen molar-refractivity contribution in [3.05, 3.63) is 60.7 Å². The van der Waals surface area contributed by atoms with Gasteiger partial charge in [-0.2, -0.15) is 0 Å². The number of ether oxygens (including phenoxy) is 1. The summed E-state index contributed by atoms with van der Waals surface area (Å²) in [6.07, 6.45) is 2.10. The molecular weight excluding hydrogens is 424 g/mol. The first-order valence-corrected chi connectivity index (χ1v) is 11.5. The van der Waals surface area contributed by atoms with Crippen molar-refractivity contribution in [2.45, 2.75) is 42.8 Å². The van der Waals surface area contributed by atoms with Gasteiger partial charge >= 0.3 is 6.03 Å². The number of rotatable bonds is 7. The van der Waals surface area contributed by atoms with Crippen molar-refractivity contribution >= 4 is 23.7 Å². The first-order chi connectivity index (χ1) is 15.5. The van der Waals surface area contributed by atoms with E-state index >= 15 is 0 Å². The highest BCUT2D eigenvalue weighted by Gasteiger charge is 2.27. The van der Waals surface area contributed by atoms with Crippen LogP contribution in [0.5, 0.6) is 0 Å². The van der Waals surface area contributed by atoms with E-state index < -0.39 is 17.2 Å². The number of imide groups is 1. The van der Waals surface area contributed by atoms with Crippen LogP contribution in [0.3, 0.4) is 0 Å². The number of benzene rings is 2. The molecule has 1 aromatic heterocycles. The molecule has 1 aliphatic heterocycles. The average Bonchev–Trinajstić information content (AvgIpc) is 3.43. The van der Waals surface area contributed by atoms with Crippen LogP contribution in [0.4, 0.5) is 4.79 Å². The maximum Gasteiger partial charge on any atom is 0.318 e. The second-order valence-electron chi connectivity index (χ2n) is 7.68. The summed E-state index contributed by atoms with van der Waals surface area (Å²) in [6, 6.07) is 19.3. The Balaban J connectivity index is 1.81. The van der Waals surface area contributed by atoms with Gasteiger partial charge in [0, 0.05) is 17.7 Å². The van der Waals surface area contributed by atoms with E-state index in [0.29, 0.717) is 11.7 Å². The highest BCUT2D eigenvalue weighted by molar-refractivity contribution is 8.00. The second-order valence-corrected chi connectivity index (χ2v) is 8.99. The molecule has 4 rings (SSSR count). The quantitative estimate of drug-likeness (QED) is 0.529. The monoisotopic (exact) mass is 450 g/mol. The lowest BCUT2D eigenvalue weighted by Gasteiger charge is -2.18. The van der Waals surface area contributed by atoms with Gasteiger partial charge in [-0.3, -0.25) is 10.1 Å². The fourth-order valence-electron chi connectivity index (χ4n) is 3.80. The van der Waals surface area contributed by atoms with Gasteiger partial charge < -0.3 is 15.0 Å². The Labute approximate surface area is 191 Å². The number of urea groups is 1. The van der Waals surface area contributed by atoms with E-state index in [1.807, 2.05) is 48.5 Å². The number of hydrogen-bond donors (Lipinski definition) is 2. The smallest absolute Gasteiger partial charge is 0.318 e. The largest absolute Gasteiger partial charge is 0.376 e. The van der Waals surface area contributed by atoms with Crippen molar-refractivity contribution in [3.8, 4) is 22.5 Å². The molecule has 32 heavy (non-hydrogen) atoms. The minimum atomic E-state index is -0.861. The molecule has 7 nitrogen and oxygen atoms in total. The molecule has 2 heterocycles. The van der Waals surface area contributed by atoms with Gasteiger partial charge in [-0.1, -0.05) is 72.4 Å². The van der Waals surface area contributed by atoms with Crippen molar-refractivity contribution in [1.29, 1.82) is 0 Å². The Bertz CT molecular complexity index is 1080. The molecule has 0 unspecified atom stereocenters. The summed E-state index contributed by atoms with van der Waals surface area (Å²) < 4.78 is 8.07. The second kappa shape index (κ2) is 10.0. The van der Waals surface area contributed by atoms with Crippen LogP contribution in [-0.4, -0.2) is 39.5 Å². The molecule has 1 saturated heterocycles. The van der Waals surface area contributed by atoms with E-state index in [-0.39, 0.29) is 6.10 Å². The predicted octanol–water partition coefficient (Wildman–Crippen LogP) is 4.07. The number of imidazole rings is 1. The highest BCUT2D eigenvalue weighted by Crippen LogP contribution is 2.37. The molecular formula is C24H26N4O3S. The molecule has 0 aliphatic carbocycles. The third kappa shape index (κ3) is 5.03. The number of nitrogens with zero attached hydrogens (tertiary/aromatic N) is 2. The number of hydrogen-bond acceptors (Lipinski definition) is 5. The molecule has 2 atom stereocenters. The van der Waals surface area contributed by atoms with Crippen molar-refractivity contribution in [1.82, 2.24) is 14.9 Å².